The number of nitro benzene ring substituents is 1. The number of methoxy groups -OCH3 is 1. The van der Waals surface area contributed by atoms with Crippen LogP contribution in [0.3, 0.4) is 0 Å². The number of esters is 1. The zero-order valence-corrected chi connectivity index (χ0v) is 13.0. The van der Waals surface area contributed by atoms with Gasteiger partial charge in [-0.2, -0.15) is 0 Å². The highest BCUT2D eigenvalue weighted by molar-refractivity contribution is 5.94. The van der Waals surface area contributed by atoms with Gasteiger partial charge < -0.3 is 14.1 Å². The number of nitrogens with zero attached hydrogens (tertiary/aromatic N) is 2. The number of benzene rings is 1. The number of carbonyl (C=O) groups is 2. The van der Waals surface area contributed by atoms with E-state index in [1.54, 1.807) is 12.1 Å². The number of hydrogen-bond acceptors (Lipinski definition) is 6. The molecule has 1 aromatic carbocycles. The van der Waals surface area contributed by atoms with Crippen LogP contribution in [0.5, 0.6) is 0 Å². The Morgan fingerprint density at radius 3 is 2.50 bits per heavy atom. The van der Waals surface area contributed by atoms with Gasteiger partial charge in [0, 0.05) is 24.2 Å². The highest BCUT2D eigenvalue weighted by Crippen LogP contribution is 2.15. The lowest BCUT2D eigenvalue weighted by Gasteiger charge is -2.21. The van der Waals surface area contributed by atoms with Gasteiger partial charge in [-0.3, -0.25) is 19.7 Å². The van der Waals surface area contributed by atoms with Crippen molar-refractivity contribution in [2.45, 2.75) is 13.0 Å². The van der Waals surface area contributed by atoms with Gasteiger partial charge in [-0.05, 0) is 24.3 Å². The third-order valence-corrected chi connectivity index (χ3v) is 3.35. The zero-order valence-electron chi connectivity index (χ0n) is 13.0. The fraction of sp³-hybridized carbons (Fsp3) is 0.250. The molecule has 1 heterocycles. The third-order valence-electron chi connectivity index (χ3n) is 3.35. The van der Waals surface area contributed by atoms with E-state index >= 15 is 0 Å². The minimum atomic E-state index is -0.536. The Morgan fingerprint density at radius 1 is 1.25 bits per heavy atom. The SMILES string of the molecule is COC(=O)CCN(Cc1ccco1)C(=O)c1ccc([N+](=O)[O-])cc1. The molecular weight excluding hydrogens is 316 g/mol. The molecule has 0 bridgehead atoms. The molecule has 1 aromatic heterocycles. The van der Waals surface area contributed by atoms with E-state index in [-0.39, 0.29) is 36.7 Å². The molecule has 0 fully saturated rings. The Bertz CT molecular complexity index is 709. The van der Waals surface area contributed by atoms with Crippen LogP contribution in [0.15, 0.2) is 47.1 Å². The lowest BCUT2D eigenvalue weighted by molar-refractivity contribution is -0.384. The predicted molar refractivity (Wildman–Crippen MR) is 83.2 cm³/mol. The molecular formula is C16H16N2O6. The lowest BCUT2D eigenvalue weighted by Crippen LogP contribution is -2.32. The maximum Gasteiger partial charge on any atom is 0.307 e. The number of non-ortho nitro benzene ring substituents is 1. The highest BCUT2D eigenvalue weighted by Gasteiger charge is 2.19. The van der Waals surface area contributed by atoms with Gasteiger partial charge in [0.15, 0.2) is 0 Å². The molecule has 24 heavy (non-hydrogen) atoms. The summed E-state index contributed by atoms with van der Waals surface area (Å²) in [6.07, 6.45) is 1.53. The second-order valence-electron chi connectivity index (χ2n) is 4.94. The summed E-state index contributed by atoms with van der Waals surface area (Å²) in [4.78, 5) is 35.5. The maximum atomic E-state index is 12.6. The number of amides is 1. The van der Waals surface area contributed by atoms with Gasteiger partial charge in [0.05, 0.1) is 31.3 Å². The summed E-state index contributed by atoms with van der Waals surface area (Å²) in [6, 6.07) is 8.71. The predicted octanol–water partition coefficient (Wildman–Crippen LogP) is 2.39. The Kier molecular flexibility index (Phi) is 5.67. The first-order valence-corrected chi connectivity index (χ1v) is 7.14. The summed E-state index contributed by atoms with van der Waals surface area (Å²) in [6.45, 7) is 0.322. The first-order valence-electron chi connectivity index (χ1n) is 7.14. The van der Waals surface area contributed by atoms with E-state index in [9.17, 15) is 19.7 Å². The summed E-state index contributed by atoms with van der Waals surface area (Å²) in [5.41, 5.74) is 0.190. The molecule has 2 rings (SSSR count). The summed E-state index contributed by atoms with van der Waals surface area (Å²) in [5.74, 6) is -0.226. The largest absolute Gasteiger partial charge is 0.469 e. The van der Waals surface area contributed by atoms with Gasteiger partial charge in [0.1, 0.15) is 5.76 Å². The van der Waals surface area contributed by atoms with Crippen molar-refractivity contribution >= 4 is 17.6 Å². The molecule has 126 valence electrons. The van der Waals surface area contributed by atoms with Crippen LogP contribution in [0.1, 0.15) is 22.5 Å². The van der Waals surface area contributed by atoms with Crippen LogP contribution in [0.2, 0.25) is 0 Å². The van der Waals surface area contributed by atoms with Gasteiger partial charge in [0.25, 0.3) is 11.6 Å². The van der Waals surface area contributed by atoms with Crippen molar-refractivity contribution < 1.29 is 23.7 Å². The minimum Gasteiger partial charge on any atom is -0.469 e. The van der Waals surface area contributed by atoms with Crippen molar-refractivity contribution in [1.82, 2.24) is 4.90 Å². The van der Waals surface area contributed by atoms with E-state index in [0.717, 1.165) is 0 Å². The summed E-state index contributed by atoms with van der Waals surface area (Å²) in [7, 11) is 1.28. The summed E-state index contributed by atoms with van der Waals surface area (Å²) >= 11 is 0. The van der Waals surface area contributed by atoms with Crippen molar-refractivity contribution in [3.05, 3.63) is 64.1 Å². The molecule has 0 spiro atoms. The maximum absolute atomic E-state index is 12.6. The topological polar surface area (TPSA) is 103 Å². The van der Waals surface area contributed by atoms with Crippen molar-refractivity contribution in [1.29, 1.82) is 0 Å². The van der Waals surface area contributed by atoms with Crippen molar-refractivity contribution in [2.24, 2.45) is 0 Å². The average Bonchev–Trinajstić information content (AvgIpc) is 3.10. The number of ether oxygens (including phenoxy) is 1. The molecule has 0 unspecified atom stereocenters. The monoisotopic (exact) mass is 332 g/mol. The van der Waals surface area contributed by atoms with Crippen molar-refractivity contribution in [2.75, 3.05) is 13.7 Å². The van der Waals surface area contributed by atoms with Crippen LogP contribution in [-0.2, 0) is 16.1 Å². The molecule has 2 aromatic rings. The molecule has 8 nitrogen and oxygen atoms in total. The van der Waals surface area contributed by atoms with Crippen LogP contribution in [0.4, 0.5) is 5.69 Å². The molecule has 0 saturated heterocycles. The number of carbonyl (C=O) groups excluding carboxylic acids is 2. The van der Waals surface area contributed by atoms with Crippen LogP contribution in [0.25, 0.3) is 0 Å². The second-order valence-corrected chi connectivity index (χ2v) is 4.94. The molecule has 0 radical (unpaired) electrons. The van der Waals surface area contributed by atoms with Crippen LogP contribution in [0, 0.1) is 10.1 Å². The molecule has 0 atom stereocenters. The minimum absolute atomic E-state index is 0.0376. The normalized spacial score (nSPS) is 10.2. The fourth-order valence-corrected chi connectivity index (χ4v) is 2.08. The summed E-state index contributed by atoms with van der Waals surface area (Å²) in [5, 5.41) is 10.7. The average molecular weight is 332 g/mol. The Labute approximate surface area is 137 Å². The fourth-order valence-electron chi connectivity index (χ4n) is 2.08. The zero-order chi connectivity index (χ0) is 17.5. The smallest absolute Gasteiger partial charge is 0.307 e. The van der Waals surface area contributed by atoms with Gasteiger partial charge in [-0.15, -0.1) is 0 Å². The molecule has 1 amide bonds. The number of rotatable bonds is 7. The van der Waals surface area contributed by atoms with E-state index in [2.05, 4.69) is 4.74 Å². The van der Waals surface area contributed by atoms with Crippen molar-refractivity contribution in [3.8, 4) is 0 Å². The molecule has 0 aliphatic heterocycles. The van der Waals surface area contributed by atoms with E-state index in [1.807, 2.05) is 0 Å². The summed E-state index contributed by atoms with van der Waals surface area (Å²) < 4.78 is 9.82. The molecule has 0 aliphatic rings. The lowest BCUT2D eigenvalue weighted by atomic mass is 10.1. The number of furan rings is 1. The number of hydrogen-bond donors (Lipinski definition) is 0. The number of nitro groups is 1. The second kappa shape index (κ2) is 7.91. The first-order chi connectivity index (χ1) is 11.5. The Morgan fingerprint density at radius 2 is 1.96 bits per heavy atom. The molecule has 0 N–H and O–H groups in total. The highest BCUT2D eigenvalue weighted by atomic mass is 16.6. The van der Waals surface area contributed by atoms with Gasteiger partial charge >= 0.3 is 5.97 Å². The quantitative estimate of drug-likeness (QED) is 0.438. The first kappa shape index (κ1) is 17.2. The van der Waals surface area contributed by atoms with Crippen LogP contribution in [-0.4, -0.2) is 35.4 Å². The van der Waals surface area contributed by atoms with E-state index in [4.69, 9.17) is 4.42 Å². The van der Waals surface area contributed by atoms with Crippen LogP contribution >= 0.6 is 0 Å². The van der Waals surface area contributed by atoms with Gasteiger partial charge in [-0.1, -0.05) is 0 Å². The van der Waals surface area contributed by atoms with E-state index < -0.39 is 10.9 Å². The molecule has 0 aliphatic carbocycles. The van der Waals surface area contributed by atoms with Gasteiger partial charge in [-0.25, -0.2) is 0 Å². The molecule has 8 heteroatoms. The van der Waals surface area contributed by atoms with Crippen LogP contribution < -0.4 is 0 Å². The Hall–Kier alpha value is -3.16. The Balaban J connectivity index is 2.15. The van der Waals surface area contributed by atoms with Gasteiger partial charge in [0.2, 0.25) is 0 Å². The third kappa shape index (κ3) is 4.42. The van der Waals surface area contributed by atoms with E-state index in [0.29, 0.717) is 5.76 Å². The van der Waals surface area contributed by atoms with E-state index in [1.165, 1.54) is 42.5 Å². The van der Waals surface area contributed by atoms with Crippen molar-refractivity contribution in [3.63, 3.8) is 0 Å². The standard InChI is InChI=1S/C16H16N2O6/c1-23-15(19)8-9-17(11-14-3-2-10-24-14)16(20)12-4-6-13(7-5-12)18(21)22/h2-7,10H,8-9,11H2,1H3. The molecule has 0 saturated carbocycles.